The molecular weight excluding hydrogens is 656 g/mol. The van der Waals surface area contributed by atoms with Gasteiger partial charge in [0.1, 0.15) is 30.7 Å². The van der Waals surface area contributed by atoms with Gasteiger partial charge in [0.25, 0.3) is 0 Å². The summed E-state index contributed by atoms with van der Waals surface area (Å²) >= 11 is 6.11. The van der Waals surface area contributed by atoms with Gasteiger partial charge in [0.2, 0.25) is 5.28 Å². The van der Waals surface area contributed by atoms with Crippen molar-refractivity contribution in [3.63, 3.8) is 0 Å². The van der Waals surface area contributed by atoms with Gasteiger partial charge >= 0.3 is 0 Å². The summed E-state index contributed by atoms with van der Waals surface area (Å²) in [5.74, 6) is 1.31. The van der Waals surface area contributed by atoms with Gasteiger partial charge in [-0.05, 0) is 50.1 Å². The minimum absolute atomic E-state index is 0.106. The smallest absolute Gasteiger partial charge is 0.226 e. The molecule has 6 heterocycles. The third-order valence-electron chi connectivity index (χ3n) is 10.2. The summed E-state index contributed by atoms with van der Waals surface area (Å²) in [6.45, 7) is 3.82. The van der Waals surface area contributed by atoms with Crippen LogP contribution in [0.25, 0.3) is 22.3 Å². The summed E-state index contributed by atoms with van der Waals surface area (Å²) in [4.78, 5) is 26.0. The van der Waals surface area contributed by atoms with Crippen molar-refractivity contribution in [2.75, 3.05) is 10.6 Å². The number of ether oxygens (including phenoxy) is 2. The highest BCUT2D eigenvalue weighted by molar-refractivity contribution is 6.28. The quantitative estimate of drug-likeness (QED) is 0.146. The van der Waals surface area contributed by atoms with Crippen LogP contribution in [-0.4, -0.2) is 108 Å². The van der Waals surface area contributed by atoms with E-state index in [1.54, 1.807) is 21.8 Å². The van der Waals surface area contributed by atoms with Crippen LogP contribution < -0.4 is 10.6 Å². The predicted octanol–water partition coefficient (Wildman–Crippen LogP) is 3.07. The molecule has 0 spiro atoms. The molecular formula is C32H45ClN10O6. The van der Waals surface area contributed by atoms with Gasteiger partial charge in [-0.3, -0.25) is 9.13 Å². The van der Waals surface area contributed by atoms with E-state index in [1.807, 2.05) is 13.8 Å². The Labute approximate surface area is 288 Å². The number of nitrogens with one attached hydrogen (secondary N) is 2. The number of hydrogen-bond donors (Lipinski definition) is 6. The van der Waals surface area contributed by atoms with E-state index in [0.717, 1.165) is 25.7 Å². The molecule has 2 aliphatic heterocycles. The fourth-order valence-electron chi connectivity index (χ4n) is 7.44. The standard InChI is InChI=1S/C16H22ClN5O3.C16H23N5O3/c1-2-9-11(23)12(24)15(25-9)22-7-18-10-13(19-8-5-3-4-6-8)20-16(17)21-14(10)22;1-2-10-12(22)13(23)16(24-10)21-8-19-11-14(17-7-18-15(11)21)20-9-5-3-4-6-9/h7-9,11-12,15,23-24H,2-6H2,1H3,(H,19,20,21);7-10,12-13,16,22-23H,2-6H2,1H3,(H,17,18,20)/t9-,11-,12-,15-;10-,12-,13-,16-/m11/s1. The van der Waals surface area contributed by atoms with Crippen molar-refractivity contribution in [2.24, 2.45) is 0 Å². The Balaban J connectivity index is 0.000000154. The number of rotatable bonds is 8. The molecule has 4 fully saturated rings. The van der Waals surface area contributed by atoms with Gasteiger partial charge in [0, 0.05) is 12.1 Å². The Morgan fingerprint density at radius 3 is 1.67 bits per heavy atom. The maximum atomic E-state index is 10.3. The zero-order valence-corrected chi connectivity index (χ0v) is 28.4. The number of fused-ring (bicyclic) bond motifs is 2. The summed E-state index contributed by atoms with van der Waals surface area (Å²) < 4.78 is 14.9. The fourth-order valence-corrected chi connectivity index (χ4v) is 7.61. The van der Waals surface area contributed by atoms with Crippen molar-refractivity contribution in [3.8, 4) is 0 Å². The molecule has 49 heavy (non-hydrogen) atoms. The maximum Gasteiger partial charge on any atom is 0.226 e. The molecule has 8 rings (SSSR count). The van der Waals surface area contributed by atoms with Crippen LogP contribution in [0.15, 0.2) is 19.0 Å². The third-order valence-corrected chi connectivity index (χ3v) is 10.3. The molecule has 0 radical (unpaired) electrons. The first-order valence-corrected chi connectivity index (χ1v) is 17.8. The van der Waals surface area contributed by atoms with Gasteiger partial charge in [-0.1, -0.05) is 39.5 Å². The summed E-state index contributed by atoms with van der Waals surface area (Å²) in [6, 6.07) is 0.784. The Bertz CT molecular complexity index is 1730. The molecule has 0 amide bonds. The molecule has 0 aromatic carbocycles. The zero-order chi connectivity index (χ0) is 34.2. The lowest BCUT2D eigenvalue weighted by molar-refractivity contribution is -0.0355. The molecule has 2 saturated carbocycles. The highest BCUT2D eigenvalue weighted by atomic mass is 35.5. The first kappa shape index (κ1) is 34.2. The number of hydrogen-bond acceptors (Lipinski definition) is 14. The number of halogens is 1. The first-order chi connectivity index (χ1) is 23.8. The average Bonchev–Trinajstić information content (AvgIpc) is 3.96. The maximum absolute atomic E-state index is 10.3. The Kier molecular flexibility index (Phi) is 10.2. The Hall–Kier alpha value is -3.25. The largest absolute Gasteiger partial charge is 0.388 e. The number of anilines is 2. The van der Waals surface area contributed by atoms with Crippen LogP contribution in [0.4, 0.5) is 11.6 Å². The van der Waals surface area contributed by atoms with Crippen molar-refractivity contribution in [2.45, 2.75) is 139 Å². The van der Waals surface area contributed by atoms with E-state index in [4.69, 9.17) is 21.1 Å². The third kappa shape index (κ3) is 6.67. The molecule has 16 nitrogen and oxygen atoms in total. The molecule has 4 aromatic heterocycles. The minimum Gasteiger partial charge on any atom is -0.388 e. The first-order valence-electron chi connectivity index (χ1n) is 17.4. The normalized spacial score (nSPS) is 30.8. The van der Waals surface area contributed by atoms with Crippen LogP contribution in [0.3, 0.4) is 0 Å². The molecule has 8 atom stereocenters. The van der Waals surface area contributed by atoms with Gasteiger partial charge in [-0.25, -0.2) is 19.9 Å². The fraction of sp³-hybridized carbons (Fsp3) is 0.688. The van der Waals surface area contributed by atoms with E-state index in [0.29, 0.717) is 58.9 Å². The lowest BCUT2D eigenvalue weighted by atomic mass is 10.1. The SMILES string of the molecule is CC[C@H]1O[C@@H](n2cnc3c(NC4CCCC4)nc(Cl)nc32)[C@H](O)[C@@H]1O.CC[C@H]1O[C@@H](n2cnc3c(NC4CCCC4)ncnc32)[C@H](O)[C@@H]1O. The second kappa shape index (κ2) is 14.5. The number of imidazole rings is 2. The van der Waals surface area contributed by atoms with E-state index >= 15 is 0 Å². The molecule has 6 N–H and O–H groups in total. The Morgan fingerprint density at radius 2 is 1.16 bits per heavy atom. The monoisotopic (exact) mass is 700 g/mol. The number of aromatic nitrogens is 8. The van der Waals surface area contributed by atoms with Crippen LogP contribution in [0, 0.1) is 0 Å². The molecule has 266 valence electrons. The van der Waals surface area contributed by atoms with Crippen LogP contribution >= 0.6 is 11.6 Å². The molecule has 2 aliphatic carbocycles. The molecule has 17 heteroatoms. The van der Waals surface area contributed by atoms with Gasteiger partial charge < -0.3 is 40.5 Å². The van der Waals surface area contributed by atoms with Crippen LogP contribution in [0.2, 0.25) is 5.28 Å². The summed E-state index contributed by atoms with van der Waals surface area (Å²) in [6.07, 6.45) is 9.04. The number of aliphatic hydroxyl groups is 4. The number of nitrogens with zero attached hydrogens (tertiary/aromatic N) is 8. The van der Waals surface area contributed by atoms with Crippen molar-refractivity contribution >= 4 is 45.6 Å². The summed E-state index contributed by atoms with van der Waals surface area (Å²) in [7, 11) is 0. The topological polar surface area (TPSA) is 211 Å². The minimum atomic E-state index is -1.05. The second-order valence-corrected chi connectivity index (χ2v) is 13.7. The Morgan fingerprint density at radius 1 is 0.673 bits per heavy atom. The van der Waals surface area contributed by atoms with E-state index in [9.17, 15) is 20.4 Å². The summed E-state index contributed by atoms with van der Waals surface area (Å²) in [5, 5.41) is 47.8. The average molecular weight is 701 g/mol. The van der Waals surface area contributed by atoms with Crippen molar-refractivity contribution in [1.29, 1.82) is 0 Å². The molecule has 4 aromatic rings. The highest BCUT2D eigenvalue weighted by Crippen LogP contribution is 2.36. The number of aliphatic hydroxyl groups excluding tert-OH is 4. The van der Waals surface area contributed by atoms with Crippen molar-refractivity contribution in [1.82, 2.24) is 39.0 Å². The zero-order valence-electron chi connectivity index (χ0n) is 27.6. The highest BCUT2D eigenvalue weighted by Gasteiger charge is 2.44. The van der Waals surface area contributed by atoms with E-state index < -0.39 is 43.0 Å². The van der Waals surface area contributed by atoms with Crippen molar-refractivity contribution < 1.29 is 29.9 Å². The van der Waals surface area contributed by atoms with Gasteiger partial charge in [0.15, 0.2) is 46.4 Å². The molecule has 0 bridgehead atoms. The van der Waals surface area contributed by atoms with E-state index in [1.165, 1.54) is 32.0 Å². The van der Waals surface area contributed by atoms with E-state index in [2.05, 4.69) is 40.5 Å². The molecule has 0 unspecified atom stereocenters. The molecule has 4 aliphatic rings. The van der Waals surface area contributed by atoms with Gasteiger partial charge in [-0.15, -0.1) is 0 Å². The lowest BCUT2D eigenvalue weighted by Crippen LogP contribution is -2.31. The summed E-state index contributed by atoms with van der Waals surface area (Å²) in [5.41, 5.74) is 2.32. The van der Waals surface area contributed by atoms with Crippen LogP contribution in [-0.2, 0) is 9.47 Å². The van der Waals surface area contributed by atoms with Gasteiger partial charge in [-0.2, -0.15) is 9.97 Å². The van der Waals surface area contributed by atoms with Crippen LogP contribution in [0.1, 0.15) is 90.5 Å². The predicted molar refractivity (Wildman–Crippen MR) is 180 cm³/mol. The van der Waals surface area contributed by atoms with Crippen LogP contribution in [0.5, 0.6) is 0 Å². The molecule has 2 saturated heterocycles. The van der Waals surface area contributed by atoms with E-state index in [-0.39, 0.29) is 11.4 Å². The van der Waals surface area contributed by atoms with Crippen molar-refractivity contribution in [3.05, 3.63) is 24.3 Å². The lowest BCUT2D eigenvalue weighted by Gasteiger charge is -2.17. The second-order valence-electron chi connectivity index (χ2n) is 13.4. The van der Waals surface area contributed by atoms with Gasteiger partial charge in [0.05, 0.1) is 24.9 Å².